The van der Waals surface area contributed by atoms with Crippen LogP contribution in [0.4, 0.5) is 5.69 Å². The molecule has 2 atom stereocenters. The van der Waals surface area contributed by atoms with Gasteiger partial charge in [-0.1, -0.05) is 6.07 Å². The lowest BCUT2D eigenvalue weighted by molar-refractivity contribution is 0.407. The molecule has 0 spiro atoms. The van der Waals surface area contributed by atoms with Gasteiger partial charge in [0.2, 0.25) is 0 Å². The molecule has 2 unspecified atom stereocenters. The molecule has 2 rings (SSSR count). The molecule has 1 N–H and O–H groups in total. The Labute approximate surface area is 103 Å². The minimum absolute atomic E-state index is 0.464. The number of anilines is 1. The Hall–Kier alpha value is -1.53. The zero-order chi connectivity index (χ0) is 12.4. The van der Waals surface area contributed by atoms with E-state index in [1.54, 1.807) is 0 Å². The third kappa shape index (κ3) is 2.59. The first kappa shape index (κ1) is 11.9. The van der Waals surface area contributed by atoms with Gasteiger partial charge in [-0.05, 0) is 38.5 Å². The molecule has 1 aliphatic rings. The van der Waals surface area contributed by atoms with Crippen molar-refractivity contribution in [1.82, 2.24) is 5.32 Å². The maximum absolute atomic E-state index is 9.21. The summed E-state index contributed by atoms with van der Waals surface area (Å²) in [5, 5.41) is 12.7. The van der Waals surface area contributed by atoms with Crippen LogP contribution in [0.5, 0.6) is 0 Å². The van der Waals surface area contributed by atoms with Crippen molar-refractivity contribution in [3.63, 3.8) is 0 Å². The molecule has 0 radical (unpaired) electrons. The fourth-order valence-electron chi connectivity index (χ4n) is 2.54. The van der Waals surface area contributed by atoms with Gasteiger partial charge >= 0.3 is 0 Å². The van der Waals surface area contributed by atoms with E-state index in [0.29, 0.717) is 12.1 Å². The van der Waals surface area contributed by atoms with E-state index in [0.717, 1.165) is 29.9 Å². The van der Waals surface area contributed by atoms with Crippen LogP contribution in [0.3, 0.4) is 0 Å². The molecule has 0 aromatic heterocycles. The third-order valence-electron chi connectivity index (χ3n) is 3.17. The van der Waals surface area contributed by atoms with E-state index in [-0.39, 0.29) is 0 Å². The first-order valence-corrected chi connectivity index (χ1v) is 6.12. The van der Waals surface area contributed by atoms with Gasteiger partial charge < -0.3 is 10.2 Å². The van der Waals surface area contributed by atoms with Gasteiger partial charge in [0, 0.05) is 25.2 Å². The van der Waals surface area contributed by atoms with Crippen molar-refractivity contribution in [3.05, 3.63) is 29.3 Å². The molecule has 1 heterocycles. The molecule has 1 saturated heterocycles. The van der Waals surface area contributed by atoms with Crippen molar-refractivity contribution in [2.24, 2.45) is 0 Å². The summed E-state index contributed by atoms with van der Waals surface area (Å²) in [5.74, 6) is 0. The highest BCUT2D eigenvalue weighted by Gasteiger charge is 2.22. The lowest BCUT2D eigenvalue weighted by Crippen LogP contribution is -2.54. The molecule has 17 heavy (non-hydrogen) atoms. The van der Waals surface area contributed by atoms with Gasteiger partial charge in [0.1, 0.15) is 6.07 Å². The first-order valence-electron chi connectivity index (χ1n) is 6.12. The normalized spacial score (nSPS) is 24.5. The Morgan fingerprint density at radius 1 is 1.29 bits per heavy atom. The Morgan fingerprint density at radius 3 is 2.53 bits per heavy atom. The summed E-state index contributed by atoms with van der Waals surface area (Å²) in [6.45, 7) is 8.31. The summed E-state index contributed by atoms with van der Waals surface area (Å²) < 4.78 is 0. The van der Waals surface area contributed by atoms with Crippen LogP contribution < -0.4 is 10.2 Å². The van der Waals surface area contributed by atoms with Crippen molar-refractivity contribution in [2.75, 3.05) is 18.0 Å². The number of rotatable bonds is 1. The van der Waals surface area contributed by atoms with E-state index in [1.165, 1.54) is 0 Å². The Balaban J connectivity index is 2.30. The molecule has 0 aliphatic carbocycles. The van der Waals surface area contributed by atoms with E-state index >= 15 is 0 Å². The summed E-state index contributed by atoms with van der Waals surface area (Å²) >= 11 is 0. The number of nitriles is 1. The van der Waals surface area contributed by atoms with Crippen LogP contribution in [0.2, 0.25) is 0 Å². The monoisotopic (exact) mass is 229 g/mol. The number of aryl methyl sites for hydroxylation is 1. The molecule has 1 aromatic carbocycles. The third-order valence-corrected chi connectivity index (χ3v) is 3.17. The zero-order valence-corrected chi connectivity index (χ0v) is 10.7. The standard InChI is InChI=1S/C14H19N3/c1-10-4-5-14(13(6-10)7-15)17-8-11(2)16-12(3)9-17/h4-6,11-12,16H,8-9H2,1-3H3. The van der Waals surface area contributed by atoms with E-state index < -0.39 is 0 Å². The fourth-order valence-corrected chi connectivity index (χ4v) is 2.54. The lowest BCUT2D eigenvalue weighted by atomic mass is 10.1. The smallest absolute Gasteiger partial charge is 0.101 e. The van der Waals surface area contributed by atoms with Crippen LogP contribution in [0, 0.1) is 18.3 Å². The maximum atomic E-state index is 9.21. The Bertz CT molecular complexity index is 437. The van der Waals surface area contributed by atoms with Crippen molar-refractivity contribution >= 4 is 5.69 Å². The van der Waals surface area contributed by atoms with Crippen molar-refractivity contribution in [1.29, 1.82) is 5.26 Å². The van der Waals surface area contributed by atoms with Crippen molar-refractivity contribution < 1.29 is 0 Å². The second kappa shape index (κ2) is 4.77. The van der Waals surface area contributed by atoms with Crippen LogP contribution in [0.25, 0.3) is 0 Å². The molecule has 0 saturated carbocycles. The molecule has 0 amide bonds. The highest BCUT2D eigenvalue weighted by Crippen LogP contribution is 2.23. The first-order chi connectivity index (χ1) is 8.10. The topological polar surface area (TPSA) is 39.1 Å². The van der Waals surface area contributed by atoms with Crippen LogP contribution in [0.15, 0.2) is 18.2 Å². The van der Waals surface area contributed by atoms with Crippen LogP contribution in [-0.4, -0.2) is 25.2 Å². The Kier molecular flexibility index (Phi) is 3.35. The van der Waals surface area contributed by atoms with Crippen LogP contribution in [-0.2, 0) is 0 Å². The number of nitrogens with zero attached hydrogens (tertiary/aromatic N) is 2. The van der Waals surface area contributed by atoms with Crippen LogP contribution in [0.1, 0.15) is 25.0 Å². The number of piperazine rings is 1. The minimum Gasteiger partial charge on any atom is -0.367 e. The summed E-state index contributed by atoms with van der Waals surface area (Å²) in [6, 6.07) is 9.34. The van der Waals surface area contributed by atoms with Crippen molar-refractivity contribution in [3.8, 4) is 6.07 Å². The number of nitrogens with one attached hydrogen (secondary N) is 1. The van der Waals surface area contributed by atoms with Gasteiger partial charge in [-0.25, -0.2) is 0 Å². The SMILES string of the molecule is Cc1ccc(N2CC(C)NC(C)C2)c(C#N)c1. The maximum Gasteiger partial charge on any atom is 0.101 e. The zero-order valence-electron chi connectivity index (χ0n) is 10.7. The molecule has 3 nitrogen and oxygen atoms in total. The summed E-state index contributed by atoms with van der Waals surface area (Å²) in [6.07, 6.45) is 0. The van der Waals surface area contributed by atoms with E-state index in [4.69, 9.17) is 0 Å². The average molecular weight is 229 g/mol. The summed E-state index contributed by atoms with van der Waals surface area (Å²) in [4.78, 5) is 2.31. The molecular formula is C14H19N3. The predicted octanol–water partition coefficient (Wildman–Crippen LogP) is 2.05. The average Bonchev–Trinajstić information content (AvgIpc) is 2.27. The van der Waals surface area contributed by atoms with Gasteiger partial charge in [0.05, 0.1) is 11.3 Å². The van der Waals surface area contributed by atoms with Gasteiger partial charge in [0.15, 0.2) is 0 Å². The molecule has 3 heteroatoms. The highest BCUT2D eigenvalue weighted by molar-refractivity contribution is 5.60. The summed E-state index contributed by atoms with van der Waals surface area (Å²) in [7, 11) is 0. The van der Waals surface area contributed by atoms with E-state index in [9.17, 15) is 5.26 Å². The second-order valence-electron chi connectivity index (χ2n) is 5.01. The Morgan fingerprint density at radius 2 is 1.94 bits per heavy atom. The van der Waals surface area contributed by atoms with Gasteiger partial charge in [-0.3, -0.25) is 0 Å². The number of hydrogen-bond donors (Lipinski definition) is 1. The molecular weight excluding hydrogens is 210 g/mol. The van der Waals surface area contributed by atoms with Crippen molar-refractivity contribution in [2.45, 2.75) is 32.9 Å². The molecule has 1 aromatic rings. The highest BCUT2D eigenvalue weighted by atomic mass is 15.2. The van der Waals surface area contributed by atoms with Gasteiger partial charge in [0.25, 0.3) is 0 Å². The fraction of sp³-hybridized carbons (Fsp3) is 0.500. The quantitative estimate of drug-likeness (QED) is 0.801. The molecule has 0 bridgehead atoms. The minimum atomic E-state index is 0.464. The number of benzene rings is 1. The lowest BCUT2D eigenvalue weighted by Gasteiger charge is -2.38. The van der Waals surface area contributed by atoms with E-state index in [1.807, 2.05) is 13.0 Å². The summed E-state index contributed by atoms with van der Waals surface area (Å²) in [5.41, 5.74) is 2.99. The second-order valence-corrected chi connectivity index (χ2v) is 5.01. The largest absolute Gasteiger partial charge is 0.367 e. The molecule has 90 valence electrons. The predicted molar refractivity (Wildman–Crippen MR) is 70.2 cm³/mol. The van der Waals surface area contributed by atoms with E-state index in [2.05, 4.69) is 42.3 Å². The molecule has 1 aliphatic heterocycles. The van der Waals surface area contributed by atoms with Crippen LogP contribution >= 0.6 is 0 Å². The van der Waals surface area contributed by atoms with Gasteiger partial charge in [-0.15, -0.1) is 0 Å². The molecule has 1 fully saturated rings. The van der Waals surface area contributed by atoms with Gasteiger partial charge in [-0.2, -0.15) is 5.26 Å². The number of hydrogen-bond acceptors (Lipinski definition) is 3.